The highest BCUT2D eigenvalue weighted by atomic mass is 16.5. The minimum Gasteiger partial charge on any atom is -0.466 e. The number of esters is 1. The first-order valence-corrected chi connectivity index (χ1v) is 34.0. The van der Waals surface area contributed by atoms with Gasteiger partial charge in [-0.1, -0.05) is 353 Å². The van der Waals surface area contributed by atoms with Crippen LogP contribution in [0.15, 0.2) is 12.2 Å². The molecule has 0 rings (SSSR count). The normalized spacial score (nSPS) is 12.5. The lowest BCUT2D eigenvalue weighted by Crippen LogP contribution is -2.45. The quantitative estimate of drug-likeness (QED) is 0.0320. The number of allylic oxidation sites excluding steroid dienone is 1. The monoisotopic (exact) mass is 1040 g/mol. The molecule has 74 heavy (non-hydrogen) atoms. The van der Waals surface area contributed by atoms with Gasteiger partial charge in [-0.15, -0.1) is 0 Å². The van der Waals surface area contributed by atoms with Gasteiger partial charge >= 0.3 is 5.97 Å². The summed E-state index contributed by atoms with van der Waals surface area (Å²) < 4.78 is 5.50. The molecule has 0 saturated carbocycles. The summed E-state index contributed by atoms with van der Waals surface area (Å²) in [7, 11) is 0. The second-order valence-electron chi connectivity index (χ2n) is 23.5. The average molecular weight is 1040 g/mol. The molecule has 0 aromatic heterocycles. The number of amides is 1. The van der Waals surface area contributed by atoms with E-state index in [-0.39, 0.29) is 18.5 Å². The third-order valence-electron chi connectivity index (χ3n) is 16.1. The van der Waals surface area contributed by atoms with E-state index < -0.39 is 12.1 Å². The highest BCUT2D eigenvalue weighted by molar-refractivity contribution is 5.76. The Hall–Kier alpha value is -1.40. The lowest BCUT2D eigenvalue weighted by atomic mass is 10.0. The molecule has 3 N–H and O–H groups in total. The van der Waals surface area contributed by atoms with Crippen molar-refractivity contribution < 1.29 is 24.5 Å². The fourth-order valence-corrected chi connectivity index (χ4v) is 10.9. The number of ether oxygens (including phenoxy) is 1. The molecular formula is C68H133NO5. The molecule has 0 radical (unpaired) electrons. The number of rotatable bonds is 64. The molecule has 0 aromatic rings. The van der Waals surface area contributed by atoms with Crippen LogP contribution in [0, 0.1) is 0 Å². The van der Waals surface area contributed by atoms with Gasteiger partial charge in [0.25, 0.3) is 0 Å². The van der Waals surface area contributed by atoms with Crippen LogP contribution in [0.4, 0.5) is 0 Å². The zero-order valence-electron chi connectivity index (χ0n) is 50.4. The molecule has 0 aliphatic heterocycles. The maximum absolute atomic E-state index is 12.5. The summed E-state index contributed by atoms with van der Waals surface area (Å²) in [5, 5.41) is 23.2. The molecule has 0 bridgehead atoms. The van der Waals surface area contributed by atoms with Crippen LogP contribution in [-0.4, -0.2) is 47.4 Å². The van der Waals surface area contributed by atoms with Gasteiger partial charge in [-0.05, 0) is 32.1 Å². The third-order valence-corrected chi connectivity index (χ3v) is 16.1. The fourth-order valence-electron chi connectivity index (χ4n) is 10.9. The van der Waals surface area contributed by atoms with Crippen LogP contribution >= 0.6 is 0 Å². The molecule has 1 amide bonds. The summed E-state index contributed by atoms with van der Waals surface area (Å²) in [5.74, 6) is -0.0705. The van der Waals surface area contributed by atoms with Gasteiger partial charge < -0.3 is 20.3 Å². The average Bonchev–Trinajstić information content (AvgIpc) is 3.40. The number of nitrogens with one attached hydrogen (secondary N) is 1. The zero-order chi connectivity index (χ0) is 53.6. The van der Waals surface area contributed by atoms with Crippen molar-refractivity contribution >= 4 is 11.9 Å². The Kier molecular flexibility index (Phi) is 62.9. The Balaban J connectivity index is 3.43. The van der Waals surface area contributed by atoms with Crippen LogP contribution in [0.1, 0.15) is 386 Å². The highest BCUT2D eigenvalue weighted by Gasteiger charge is 2.18. The van der Waals surface area contributed by atoms with Gasteiger partial charge in [0.05, 0.1) is 25.4 Å². The molecule has 6 nitrogen and oxygen atoms in total. The predicted octanol–water partition coefficient (Wildman–Crippen LogP) is 21.6. The Labute approximate surface area is 463 Å². The molecule has 0 aliphatic rings. The topological polar surface area (TPSA) is 95.9 Å². The van der Waals surface area contributed by atoms with Crippen molar-refractivity contribution in [3.8, 4) is 0 Å². The van der Waals surface area contributed by atoms with Gasteiger partial charge in [0.1, 0.15) is 0 Å². The Morgan fingerprint density at radius 2 is 0.622 bits per heavy atom. The molecule has 0 aliphatic carbocycles. The van der Waals surface area contributed by atoms with Crippen LogP contribution in [0.5, 0.6) is 0 Å². The largest absolute Gasteiger partial charge is 0.466 e. The zero-order valence-corrected chi connectivity index (χ0v) is 50.4. The Morgan fingerprint density at radius 1 is 0.365 bits per heavy atom. The van der Waals surface area contributed by atoms with Gasteiger partial charge in [-0.25, -0.2) is 0 Å². The molecule has 2 unspecified atom stereocenters. The van der Waals surface area contributed by atoms with Gasteiger partial charge in [0.15, 0.2) is 0 Å². The van der Waals surface area contributed by atoms with Crippen LogP contribution in [0.2, 0.25) is 0 Å². The van der Waals surface area contributed by atoms with E-state index in [0.29, 0.717) is 19.4 Å². The van der Waals surface area contributed by atoms with Gasteiger partial charge in [0.2, 0.25) is 5.91 Å². The molecule has 0 spiro atoms. The lowest BCUT2D eigenvalue weighted by Gasteiger charge is -2.20. The number of carbonyl (C=O) groups is 2. The van der Waals surface area contributed by atoms with Crippen molar-refractivity contribution in [3.05, 3.63) is 12.2 Å². The Morgan fingerprint density at radius 3 is 0.919 bits per heavy atom. The van der Waals surface area contributed by atoms with Crippen molar-refractivity contribution in [1.29, 1.82) is 0 Å². The van der Waals surface area contributed by atoms with Crippen molar-refractivity contribution in [2.45, 2.75) is 398 Å². The SMILES string of the molecule is CCCCCCCCCCCCCCCCCCCCCCCC/C=C/C(O)C(CO)NC(=O)CCCCCCCCCCCCCCCCOC(=O)CCCCCCCCCCCCCCCCCCCCC. The molecule has 2 atom stereocenters. The molecule has 0 heterocycles. The predicted molar refractivity (Wildman–Crippen MR) is 324 cm³/mol. The van der Waals surface area contributed by atoms with E-state index in [1.54, 1.807) is 6.08 Å². The van der Waals surface area contributed by atoms with Crippen molar-refractivity contribution in [3.63, 3.8) is 0 Å². The molecular weight excluding hydrogens is 911 g/mol. The summed E-state index contributed by atoms with van der Waals surface area (Å²) in [6, 6.07) is -0.636. The van der Waals surface area contributed by atoms with E-state index in [1.807, 2.05) is 6.08 Å². The van der Waals surface area contributed by atoms with E-state index in [4.69, 9.17) is 4.74 Å². The standard InChI is InChI=1S/C68H133NO5/c1-3-5-7-9-11-13-15-17-19-21-23-24-25-26-27-29-30-32-36-40-44-48-52-56-60-66(71)65(64-70)69-67(72)61-57-53-49-45-41-37-34-35-39-43-47-51-55-59-63-74-68(73)62-58-54-50-46-42-38-33-31-28-22-20-18-16-14-12-10-8-6-4-2/h56,60,65-66,70-71H,3-55,57-59,61-64H2,1-2H3,(H,69,72)/b60-56+. The summed E-state index contributed by atoms with van der Waals surface area (Å²) in [4.78, 5) is 24.6. The number of aliphatic hydroxyl groups is 2. The van der Waals surface area contributed by atoms with Gasteiger partial charge in [-0.2, -0.15) is 0 Å². The molecule has 0 fully saturated rings. The van der Waals surface area contributed by atoms with Gasteiger partial charge in [-0.3, -0.25) is 9.59 Å². The molecule has 0 aromatic carbocycles. The number of unbranched alkanes of at least 4 members (excludes halogenated alkanes) is 53. The van der Waals surface area contributed by atoms with Crippen molar-refractivity contribution in [2.24, 2.45) is 0 Å². The maximum Gasteiger partial charge on any atom is 0.305 e. The summed E-state index contributed by atoms with van der Waals surface area (Å²) in [6.45, 7) is 4.93. The summed E-state index contributed by atoms with van der Waals surface area (Å²) in [6.07, 6.45) is 78.4. The second-order valence-corrected chi connectivity index (χ2v) is 23.5. The maximum atomic E-state index is 12.5. The van der Waals surface area contributed by atoms with E-state index in [0.717, 1.165) is 57.8 Å². The van der Waals surface area contributed by atoms with Crippen LogP contribution in [0.25, 0.3) is 0 Å². The number of carbonyl (C=O) groups excluding carboxylic acids is 2. The minimum absolute atomic E-state index is 0.00279. The van der Waals surface area contributed by atoms with E-state index >= 15 is 0 Å². The third kappa shape index (κ3) is 59.8. The molecule has 440 valence electrons. The summed E-state index contributed by atoms with van der Waals surface area (Å²) in [5.41, 5.74) is 0. The first-order valence-electron chi connectivity index (χ1n) is 34.0. The number of aliphatic hydroxyl groups excluding tert-OH is 2. The van der Waals surface area contributed by atoms with Gasteiger partial charge in [0, 0.05) is 12.8 Å². The van der Waals surface area contributed by atoms with E-state index in [9.17, 15) is 19.8 Å². The van der Waals surface area contributed by atoms with Crippen molar-refractivity contribution in [1.82, 2.24) is 5.32 Å². The van der Waals surface area contributed by atoms with Crippen LogP contribution in [0.3, 0.4) is 0 Å². The summed E-state index contributed by atoms with van der Waals surface area (Å²) >= 11 is 0. The second kappa shape index (κ2) is 64.1. The fraction of sp³-hybridized carbons (Fsp3) is 0.941. The van der Waals surface area contributed by atoms with E-state index in [2.05, 4.69) is 19.2 Å². The van der Waals surface area contributed by atoms with E-state index in [1.165, 1.54) is 302 Å². The first kappa shape index (κ1) is 72.6. The lowest BCUT2D eigenvalue weighted by molar-refractivity contribution is -0.143. The highest BCUT2D eigenvalue weighted by Crippen LogP contribution is 2.19. The van der Waals surface area contributed by atoms with Crippen molar-refractivity contribution in [2.75, 3.05) is 13.2 Å². The van der Waals surface area contributed by atoms with Crippen LogP contribution in [-0.2, 0) is 14.3 Å². The number of hydrogen-bond donors (Lipinski definition) is 3. The molecule has 6 heteroatoms. The first-order chi connectivity index (χ1) is 36.5. The minimum atomic E-state index is -0.852. The molecule has 0 saturated heterocycles. The smallest absolute Gasteiger partial charge is 0.305 e. The Bertz CT molecular complexity index is 1110. The number of hydrogen-bond acceptors (Lipinski definition) is 5. The van der Waals surface area contributed by atoms with Crippen LogP contribution < -0.4 is 5.32 Å².